The smallest absolute Gasteiger partial charge is 0.268 e. The molecule has 0 saturated carbocycles. The molecule has 2 aromatic carbocycles. The van der Waals surface area contributed by atoms with E-state index in [1.54, 1.807) is 21.3 Å². The number of hydrogen-bond donors (Lipinski definition) is 0. The highest BCUT2D eigenvalue weighted by Crippen LogP contribution is 2.41. The highest BCUT2D eigenvalue weighted by Gasteiger charge is 2.22. The van der Waals surface area contributed by atoms with Crippen LogP contribution in [0.2, 0.25) is 0 Å². The Morgan fingerprint density at radius 3 is 2.12 bits per heavy atom. The summed E-state index contributed by atoms with van der Waals surface area (Å²) in [6.07, 6.45) is 1.93. The summed E-state index contributed by atoms with van der Waals surface area (Å²) in [7, 11) is 4.74. The Hall–Kier alpha value is -4.33. The van der Waals surface area contributed by atoms with Gasteiger partial charge in [-0.15, -0.1) is 10.2 Å². The van der Waals surface area contributed by atoms with Crippen LogP contribution in [-0.2, 0) is 0 Å². The van der Waals surface area contributed by atoms with E-state index in [0.717, 1.165) is 16.6 Å². The first-order valence-electron chi connectivity index (χ1n) is 9.90. The third kappa shape index (κ3) is 3.22. The molecular formula is C24H20N4O4. The molecule has 0 saturated heterocycles. The van der Waals surface area contributed by atoms with E-state index in [2.05, 4.69) is 10.2 Å². The quantitative estimate of drug-likeness (QED) is 0.386. The first kappa shape index (κ1) is 19.6. The van der Waals surface area contributed by atoms with Gasteiger partial charge in [0.25, 0.3) is 5.89 Å². The maximum Gasteiger partial charge on any atom is 0.268 e. The number of aromatic nitrogens is 4. The van der Waals surface area contributed by atoms with Gasteiger partial charge in [-0.1, -0.05) is 24.3 Å². The topological polar surface area (TPSA) is 83.9 Å². The second kappa shape index (κ2) is 8.07. The zero-order chi connectivity index (χ0) is 22.1. The predicted octanol–water partition coefficient (Wildman–Crippen LogP) is 4.74. The van der Waals surface area contributed by atoms with Crippen LogP contribution >= 0.6 is 0 Å². The molecule has 0 radical (unpaired) electrons. The van der Waals surface area contributed by atoms with Gasteiger partial charge in [0, 0.05) is 17.3 Å². The minimum absolute atomic E-state index is 0.339. The monoisotopic (exact) mass is 428 g/mol. The summed E-state index contributed by atoms with van der Waals surface area (Å²) in [5, 5.41) is 8.46. The van der Waals surface area contributed by atoms with Gasteiger partial charge in [-0.2, -0.15) is 0 Å². The summed E-state index contributed by atoms with van der Waals surface area (Å²) in [4.78, 5) is 4.86. The van der Waals surface area contributed by atoms with E-state index in [0.29, 0.717) is 40.5 Å². The van der Waals surface area contributed by atoms with Crippen molar-refractivity contribution < 1.29 is 18.6 Å². The molecular weight excluding hydrogens is 408 g/mol. The minimum atomic E-state index is 0.339. The van der Waals surface area contributed by atoms with Crippen molar-refractivity contribution in [1.29, 1.82) is 0 Å². The highest BCUT2D eigenvalue weighted by atomic mass is 16.5. The van der Waals surface area contributed by atoms with Gasteiger partial charge in [-0.05, 0) is 36.4 Å². The van der Waals surface area contributed by atoms with Crippen molar-refractivity contribution in [2.24, 2.45) is 0 Å². The lowest BCUT2D eigenvalue weighted by Gasteiger charge is -2.13. The third-order valence-electron chi connectivity index (χ3n) is 5.12. The number of fused-ring (bicyclic) bond motifs is 1. The molecule has 0 amide bonds. The SMILES string of the molecule is COc1cc(-c2nc(-c3nnc(-c4ccccc4)o3)c3ccccn23)cc(OC)c1OC. The Balaban J connectivity index is 1.68. The summed E-state index contributed by atoms with van der Waals surface area (Å²) >= 11 is 0. The minimum Gasteiger partial charge on any atom is -0.493 e. The molecule has 0 unspecified atom stereocenters. The van der Waals surface area contributed by atoms with E-state index in [1.807, 2.05) is 71.3 Å². The summed E-state index contributed by atoms with van der Waals surface area (Å²) in [5.41, 5.74) is 3.05. The zero-order valence-electron chi connectivity index (χ0n) is 17.8. The van der Waals surface area contributed by atoms with Crippen LogP contribution in [0.15, 0.2) is 71.3 Å². The second-order valence-corrected chi connectivity index (χ2v) is 6.93. The van der Waals surface area contributed by atoms with Crippen molar-refractivity contribution in [3.8, 4) is 51.7 Å². The molecule has 0 aliphatic carbocycles. The maximum absolute atomic E-state index is 5.97. The van der Waals surface area contributed by atoms with E-state index in [1.165, 1.54) is 0 Å². The molecule has 8 heteroatoms. The van der Waals surface area contributed by atoms with Crippen LogP contribution in [-0.4, -0.2) is 40.9 Å². The molecule has 0 fully saturated rings. The standard InChI is InChI=1S/C24H20N4O4/c1-29-18-13-16(14-19(30-2)21(18)31-3)22-25-20(17-11-7-8-12-28(17)22)24-27-26-23(32-24)15-9-5-4-6-10-15/h4-14H,1-3H3. The molecule has 32 heavy (non-hydrogen) atoms. The Morgan fingerprint density at radius 2 is 1.44 bits per heavy atom. The Labute approximate surface area is 184 Å². The van der Waals surface area contributed by atoms with Crippen LogP contribution in [0.4, 0.5) is 0 Å². The molecule has 0 atom stereocenters. The van der Waals surface area contributed by atoms with Gasteiger partial charge in [-0.3, -0.25) is 4.40 Å². The number of imidazole rings is 1. The first-order chi connectivity index (χ1) is 15.7. The summed E-state index contributed by atoms with van der Waals surface area (Å²) in [6.45, 7) is 0. The fourth-order valence-electron chi connectivity index (χ4n) is 3.63. The van der Waals surface area contributed by atoms with E-state index < -0.39 is 0 Å². The van der Waals surface area contributed by atoms with Gasteiger partial charge in [-0.25, -0.2) is 4.98 Å². The molecule has 0 aliphatic rings. The van der Waals surface area contributed by atoms with Crippen molar-refractivity contribution in [1.82, 2.24) is 19.6 Å². The van der Waals surface area contributed by atoms with E-state index >= 15 is 0 Å². The Morgan fingerprint density at radius 1 is 0.750 bits per heavy atom. The summed E-state index contributed by atoms with van der Waals surface area (Å²) in [5.74, 6) is 3.05. The average Bonchev–Trinajstić information content (AvgIpc) is 3.49. The molecule has 3 aromatic heterocycles. The largest absolute Gasteiger partial charge is 0.493 e. The summed E-state index contributed by atoms with van der Waals surface area (Å²) < 4.78 is 24.4. The fourth-order valence-corrected chi connectivity index (χ4v) is 3.63. The van der Waals surface area contributed by atoms with Gasteiger partial charge in [0.2, 0.25) is 11.6 Å². The summed E-state index contributed by atoms with van der Waals surface area (Å²) in [6, 6.07) is 19.2. The van der Waals surface area contributed by atoms with Crippen molar-refractivity contribution in [2.75, 3.05) is 21.3 Å². The maximum atomic E-state index is 5.97. The fraction of sp³-hybridized carbons (Fsp3) is 0.125. The van der Waals surface area contributed by atoms with E-state index in [9.17, 15) is 0 Å². The van der Waals surface area contributed by atoms with Crippen LogP contribution in [0.3, 0.4) is 0 Å². The van der Waals surface area contributed by atoms with E-state index in [4.69, 9.17) is 23.6 Å². The molecule has 5 aromatic rings. The van der Waals surface area contributed by atoms with Crippen molar-refractivity contribution >= 4 is 5.52 Å². The van der Waals surface area contributed by atoms with Crippen molar-refractivity contribution in [3.05, 3.63) is 66.9 Å². The number of nitrogens with zero attached hydrogens (tertiary/aromatic N) is 4. The van der Waals surface area contributed by atoms with Crippen molar-refractivity contribution in [2.45, 2.75) is 0 Å². The molecule has 8 nitrogen and oxygen atoms in total. The number of pyridine rings is 1. The normalized spacial score (nSPS) is 11.0. The Bertz CT molecular complexity index is 1370. The lowest BCUT2D eigenvalue weighted by atomic mass is 10.1. The molecule has 0 N–H and O–H groups in total. The lowest BCUT2D eigenvalue weighted by Crippen LogP contribution is -1.97. The van der Waals surface area contributed by atoms with E-state index in [-0.39, 0.29) is 0 Å². The number of benzene rings is 2. The van der Waals surface area contributed by atoms with Gasteiger partial charge >= 0.3 is 0 Å². The molecule has 5 rings (SSSR count). The zero-order valence-corrected chi connectivity index (χ0v) is 17.8. The van der Waals surface area contributed by atoms with Crippen molar-refractivity contribution in [3.63, 3.8) is 0 Å². The number of rotatable bonds is 6. The molecule has 3 heterocycles. The highest BCUT2D eigenvalue weighted by molar-refractivity contribution is 5.79. The lowest BCUT2D eigenvalue weighted by molar-refractivity contribution is 0.324. The van der Waals surface area contributed by atoms with Gasteiger partial charge in [0.05, 0.1) is 26.8 Å². The first-order valence-corrected chi connectivity index (χ1v) is 9.90. The second-order valence-electron chi connectivity index (χ2n) is 6.93. The molecule has 0 spiro atoms. The van der Waals surface area contributed by atoms with Gasteiger partial charge in [0.1, 0.15) is 5.82 Å². The average molecular weight is 428 g/mol. The van der Waals surface area contributed by atoms with Crippen LogP contribution in [0.25, 0.3) is 39.9 Å². The molecule has 160 valence electrons. The molecule has 0 bridgehead atoms. The molecule has 0 aliphatic heterocycles. The predicted molar refractivity (Wildman–Crippen MR) is 119 cm³/mol. The number of hydrogen-bond acceptors (Lipinski definition) is 7. The van der Waals surface area contributed by atoms with Gasteiger partial charge in [0.15, 0.2) is 17.2 Å². The van der Waals surface area contributed by atoms with Crippen LogP contribution in [0.5, 0.6) is 17.2 Å². The van der Waals surface area contributed by atoms with Gasteiger partial charge < -0.3 is 18.6 Å². The Kier molecular flexibility index (Phi) is 4.95. The third-order valence-corrected chi connectivity index (χ3v) is 5.12. The van der Waals surface area contributed by atoms with Crippen LogP contribution < -0.4 is 14.2 Å². The van der Waals surface area contributed by atoms with Crippen LogP contribution in [0.1, 0.15) is 0 Å². The number of ether oxygens (including phenoxy) is 3. The number of methoxy groups -OCH3 is 3. The van der Waals surface area contributed by atoms with Crippen LogP contribution in [0, 0.1) is 0 Å².